The SMILES string of the molecule is Cn1c(=O)[nH]c(=O)c2c1nc(N/N=C/c1cc(Br)ccc1O)n2CCc1ccccc1. The number of nitrogens with zero attached hydrogens (tertiary/aromatic N) is 4. The van der Waals surface area contributed by atoms with E-state index in [1.165, 1.54) is 10.8 Å². The summed E-state index contributed by atoms with van der Waals surface area (Å²) in [6.07, 6.45) is 2.10. The maximum atomic E-state index is 12.5. The summed E-state index contributed by atoms with van der Waals surface area (Å²) in [5.41, 5.74) is 3.91. The lowest BCUT2D eigenvalue weighted by Gasteiger charge is -2.08. The molecule has 0 bridgehead atoms. The number of hydrogen-bond acceptors (Lipinski definition) is 6. The Bertz CT molecular complexity index is 1390. The number of hydrazone groups is 1. The van der Waals surface area contributed by atoms with Gasteiger partial charge in [0.15, 0.2) is 11.2 Å². The number of halogens is 1. The molecule has 0 spiro atoms. The number of aryl methyl sites for hydroxylation is 3. The molecule has 3 N–H and O–H groups in total. The minimum absolute atomic E-state index is 0.0742. The lowest BCUT2D eigenvalue weighted by atomic mass is 10.1. The van der Waals surface area contributed by atoms with Crippen LogP contribution in [0.5, 0.6) is 5.75 Å². The van der Waals surface area contributed by atoms with Crippen LogP contribution in [-0.4, -0.2) is 30.4 Å². The smallest absolute Gasteiger partial charge is 0.329 e. The van der Waals surface area contributed by atoms with E-state index in [9.17, 15) is 14.7 Å². The molecule has 0 saturated heterocycles. The normalized spacial score (nSPS) is 11.4. The van der Waals surface area contributed by atoms with E-state index in [0.717, 1.165) is 10.0 Å². The minimum Gasteiger partial charge on any atom is -0.507 e. The van der Waals surface area contributed by atoms with Crippen LogP contribution in [0, 0.1) is 0 Å². The van der Waals surface area contributed by atoms with Gasteiger partial charge < -0.3 is 9.67 Å². The third-order valence-corrected chi connectivity index (χ3v) is 5.32. The van der Waals surface area contributed by atoms with Crippen LogP contribution in [0.1, 0.15) is 11.1 Å². The maximum absolute atomic E-state index is 12.5. The van der Waals surface area contributed by atoms with E-state index in [1.54, 1.807) is 29.8 Å². The molecule has 0 unspecified atom stereocenters. The number of rotatable bonds is 6. The number of benzene rings is 2. The van der Waals surface area contributed by atoms with Gasteiger partial charge in [0.25, 0.3) is 5.56 Å². The fourth-order valence-corrected chi connectivity index (χ4v) is 3.59. The number of imidazole rings is 1. The third-order valence-electron chi connectivity index (χ3n) is 4.83. The quantitative estimate of drug-likeness (QED) is 0.288. The van der Waals surface area contributed by atoms with Crippen molar-refractivity contribution in [1.82, 2.24) is 19.1 Å². The van der Waals surface area contributed by atoms with Crippen LogP contribution in [0.25, 0.3) is 11.2 Å². The molecule has 31 heavy (non-hydrogen) atoms. The number of nitrogens with one attached hydrogen (secondary N) is 2. The number of anilines is 1. The number of H-pyrrole nitrogens is 1. The molecule has 0 atom stereocenters. The molecule has 4 aromatic rings. The van der Waals surface area contributed by atoms with Gasteiger partial charge >= 0.3 is 5.69 Å². The molecule has 0 aliphatic rings. The third kappa shape index (κ3) is 4.29. The van der Waals surface area contributed by atoms with Crippen LogP contribution in [0.3, 0.4) is 0 Å². The highest BCUT2D eigenvalue weighted by molar-refractivity contribution is 9.10. The van der Waals surface area contributed by atoms with E-state index >= 15 is 0 Å². The highest BCUT2D eigenvalue weighted by Crippen LogP contribution is 2.21. The van der Waals surface area contributed by atoms with Crippen LogP contribution >= 0.6 is 15.9 Å². The zero-order chi connectivity index (χ0) is 22.0. The highest BCUT2D eigenvalue weighted by atomic mass is 79.9. The van der Waals surface area contributed by atoms with E-state index in [2.05, 4.69) is 36.4 Å². The lowest BCUT2D eigenvalue weighted by molar-refractivity contribution is 0.474. The summed E-state index contributed by atoms with van der Waals surface area (Å²) in [5.74, 6) is 0.383. The van der Waals surface area contributed by atoms with E-state index in [-0.39, 0.29) is 16.9 Å². The topological polar surface area (TPSA) is 117 Å². The molecule has 2 aromatic heterocycles. The van der Waals surface area contributed by atoms with Crippen LogP contribution in [0.2, 0.25) is 0 Å². The van der Waals surface area contributed by atoms with Crippen LogP contribution < -0.4 is 16.7 Å². The average molecular weight is 483 g/mol. The molecule has 2 aromatic carbocycles. The van der Waals surface area contributed by atoms with Crippen molar-refractivity contribution in [3.8, 4) is 5.75 Å². The van der Waals surface area contributed by atoms with Gasteiger partial charge in [-0.05, 0) is 30.2 Å². The van der Waals surface area contributed by atoms with Gasteiger partial charge in [0, 0.05) is 23.6 Å². The predicted molar refractivity (Wildman–Crippen MR) is 123 cm³/mol. The first kappa shape index (κ1) is 20.6. The Kier molecular flexibility index (Phi) is 5.72. The summed E-state index contributed by atoms with van der Waals surface area (Å²) in [6.45, 7) is 0.446. The van der Waals surface area contributed by atoms with E-state index in [4.69, 9.17) is 0 Å². The Morgan fingerprint density at radius 2 is 2.00 bits per heavy atom. The van der Waals surface area contributed by atoms with Gasteiger partial charge in [-0.15, -0.1) is 0 Å². The number of phenols is 1. The van der Waals surface area contributed by atoms with Crippen molar-refractivity contribution in [2.45, 2.75) is 13.0 Å². The molecule has 0 radical (unpaired) electrons. The van der Waals surface area contributed by atoms with Gasteiger partial charge in [0.2, 0.25) is 5.95 Å². The number of hydrogen-bond donors (Lipinski definition) is 3. The molecule has 0 aliphatic carbocycles. The average Bonchev–Trinajstić information content (AvgIpc) is 3.13. The van der Waals surface area contributed by atoms with Gasteiger partial charge in [-0.25, -0.2) is 10.2 Å². The monoisotopic (exact) mass is 482 g/mol. The van der Waals surface area contributed by atoms with Crippen molar-refractivity contribution in [2.24, 2.45) is 12.1 Å². The first-order valence-corrected chi connectivity index (χ1v) is 10.2. The fourth-order valence-electron chi connectivity index (χ4n) is 3.21. The fraction of sp³-hybridized carbons (Fsp3) is 0.143. The summed E-state index contributed by atoms with van der Waals surface area (Å²) in [7, 11) is 1.54. The predicted octanol–water partition coefficient (Wildman–Crippen LogP) is 2.58. The first-order valence-electron chi connectivity index (χ1n) is 9.45. The van der Waals surface area contributed by atoms with Crippen LogP contribution in [0.15, 0.2) is 67.7 Å². The largest absolute Gasteiger partial charge is 0.507 e. The zero-order valence-corrected chi connectivity index (χ0v) is 18.1. The molecular formula is C21H19BrN6O3. The summed E-state index contributed by atoms with van der Waals surface area (Å²) in [4.78, 5) is 31.3. The van der Waals surface area contributed by atoms with Gasteiger partial charge in [-0.1, -0.05) is 46.3 Å². The Morgan fingerprint density at radius 1 is 1.23 bits per heavy atom. The standard InChI is InChI=1S/C21H19BrN6O3/c1-27-18-17(19(30)25-21(27)31)28(10-9-13-5-3-2-4-6-13)20(24-18)26-23-12-14-11-15(22)7-8-16(14)29/h2-8,11-12,29H,9-10H2,1H3,(H,24,26)(H,25,30,31)/b23-12+. The molecule has 2 heterocycles. The summed E-state index contributed by atoms with van der Waals surface area (Å²) >= 11 is 3.35. The van der Waals surface area contributed by atoms with E-state index in [1.807, 2.05) is 30.3 Å². The second kappa shape index (κ2) is 8.60. The molecule has 0 saturated carbocycles. The number of aromatic nitrogens is 4. The molecule has 0 aliphatic heterocycles. The number of phenolic OH excluding ortho intramolecular Hbond substituents is 1. The van der Waals surface area contributed by atoms with Crippen molar-refractivity contribution in [2.75, 3.05) is 5.43 Å². The Hall–Kier alpha value is -3.66. The molecule has 158 valence electrons. The molecule has 0 amide bonds. The van der Waals surface area contributed by atoms with Crippen molar-refractivity contribution in [3.63, 3.8) is 0 Å². The molecule has 4 rings (SSSR count). The van der Waals surface area contributed by atoms with Crippen LogP contribution in [0.4, 0.5) is 5.95 Å². The second-order valence-electron chi connectivity index (χ2n) is 6.89. The first-order chi connectivity index (χ1) is 14.9. The Labute approximate surface area is 184 Å². The Morgan fingerprint density at radius 3 is 2.77 bits per heavy atom. The van der Waals surface area contributed by atoms with Crippen molar-refractivity contribution < 1.29 is 5.11 Å². The van der Waals surface area contributed by atoms with Gasteiger partial charge in [-0.3, -0.25) is 14.3 Å². The Balaban J connectivity index is 1.72. The summed E-state index contributed by atoms with van der Waals surface area (Å²) in [5, 5.41) is 14.1. The molecular weight excluding hydrogens is 464 g/mol. The van der Waals surface area contributed by atoms with Gasteiger partial charge in [-0.2, -0.15) is 10.1 Å². The lowest BCUT2D eigenvalue weighted by Crippen LogP contribution is -2.29. The number of fused-ring (bicyclic) bond motifs is 1. The number of aromatic hydroxyl groups is 1. The molecule has 0 fully saturated rings. The summed E-state index contributed by atoms with van der Waals surface area (Å²) < 4.78 is 3.77. The maximum Gasteiger partial charge on any atom is 0.329 e. The van der Waals surface area contributed by atoms with Crippen molar-refractivity contribution in [1.29, 1.82) is 0 Å². The molecule has 9 nitrogen and oxygen atoms in total. The second-order valence-corrected chi connectivity index (χ2v) is 7.80. The van der Waals surface area contributed by atoms with Gasteiger partial charge in [0.05, 0.1) is 6.21 Å². The molecule has 10 heteroatoms. The van der Waals surface area contributed by atoms with Crippen LogP contribution in [-0.2, 0) is 20.0 Å². The van der Waals surface area contributed by atoms with Crippen molar-refractivity contribution >= 4 is 39.3 Å². The van der Waals surface area contributed by atoms with E-state index < -0.39 is 11.2 Å². The zero-order valence-electron chi connectivity index (χ0n) is 16.5. The van der Waals surface area contributed by atoms with E-state index in [0.29, 0.717) is 24.5 Å². The number of aromatic amines is 1. The van der Waals surface area contributed by atoms with Gasteiger partial charge in [0.1, 0.15) is 5.75 Å². The van der Waals surface area contributed by atoms with Crippen molar-refractivity contribution in [3.05, 3.63) is 85.0 Å². The summed E-state index contributed by atoms with van der Waals surface area (Å²) in [6, 6.07) is 14.8. The minimum atomic E-state index is -0.542. The highest BCUT2D eigenvalue weighted by Gasteiger charge is 2.17.